The third kappa shape index (κ3) is 3.33. The summed E-state index contributed by atoms with van der Waals surface area (Å²) in [6.07, 6.45) is 3.32. The van der Waals surface area contributed by atoms with E-state index >= 15 is 0 Å². The molecular weight excluding hydrogens is 402 g/mol. The van der Waals surface area contributed by atoms with Gasteiger partial charge in [0.1, 0.15) is 18.4 Å². The number of hydrogen-bond acceptors (Lipinski definition) is 6. The van der Waals surface area contributed by atoms with E-state index in [-0.39, 0.29) is 30.8 Å². The number of rotatable bonds is 4. The number of benzene rings is 1. The molecule has 3 aliphatic heterocycles. The van der Waals surface area contributed by atoms with Crippen LogP contribution in [-0.2, 0) is 4.79 Å². The van der Waals surface area contributed by atoms with Crippen molar-refractivity contribution in [2.24, 2.45) is 0 Å². The van der Waals surface area contributed by atoms with Gasteiger partial charge in [-0.05, 0) is 47.7 Å². The first-order valence-electron chi connectivity index (χ1n) is 8.84. The van der Waals surface area contributed by atoms with Gasteiger partial charge in [-0.15, -0.1) is 0 Å². The number of amides is 1. The number of fused-ring (bicyclic) bond motifs is 1. The molecule has 26 heavy (non-hydrogen) atoms. The number of nitrogens with one attached hydrogen (secondary N) is 1. The lowest BCUT2D eigenvalue weighted by molar-refractivity contribution is -0.133. The lowest BCUT2D eigenvalue weighted by Crippen LogP contribution is -2.47. The highest BCUT2D eigenvalue weighted by molar-refractivity contribution is 9.10. The van der Waals surface area contributed by atoms with Gasteiger partial charge in [0.15, 0.2) is 11.5 Å². The Morgan fingerprint density at radius 2 is 2.27 bits per heavy atom. The first-order valence-corrected chi connectivity index (χ1v) is 9.63. The van der Waals surface area contributed by atoms with Gasteiger partial charge >= 0.3 is 0 Å². The third-order valence-electron chi connectivity index (χ3n) is 5.08. The van der Waals surface area contributed by atoms with Crippen molar-refractivity contribution in [3.05, 3.63) is 16.6 Å². The van der Waals surface area contributed by atoms with Gasteiger partial charge in [0.25, 0.3) is 0 Å². The molecule has 3 aliphatic rings. The second-order valence-corrected chi connectivity index (χ2v) is 7.62. The van der Waals surface area contributed by atoms with E-state index in [4.69, 9.17) is 14.2 Å². The fourth-order valence-corrected chi connectivity index (χ4v) is 4.27. The lowest BCUT2D eigenvalue weighted by atomic mass is 10.1. The fourth-order valence-electron chi connectivity index (χ4n) is 3.73. The first-order chi connectivity index (χ1) is 12.7. The minimum Gasteiger partial charge on any atom is -0.492 e. The highest BCUT2D eigenvalue weighted by Gasteiger charge is 2.37. The minimum atomic E-state index is -0.273. The Labute approximate surface area is 160 Å². The largest absolute Gasteiger partial charge is 0.492 e. The van der Waals surface area contributed by atoms with E-state index in [1.54, 1.807) is 4.90 Å². The zero-order valence-electron chi connectivity index (χ0n) is 14.2. The number of ether oxygens (including phenoxy) is 3. The normalized spacial score (nSPS) is 26.8. The van der Waals surface area contributed by atoms with Crippen LogP contribution in [-0.4, -0.2) is 48.9 Å². The van der Waals surface area contributed by atoms with Crippen LogP contribution in [0.1, 0.15) is 25.7 Å². The molecule has 3 atom stereocenters. The number of hydrogen-bond donors (Lipinski definition) is 1. The highest BCUT2D eigenvalue weighted by Crippen LogP contribution is 2.42. The molecule has 7 nitrogen and oxygen atoms in total. The number of carbonyl (C=O) groups excluding carboxylic acids is 1. The molecular formula is C18H20BrN3O4. The Bertz CT molecular complexity index is 751. The molecule has 0 radical (unpaired) electrons. The van der Waals surface area contributed by atoms with Crippen molar-refractivity contribution in [3.63, 3.8) is 0 Å². The number of halogens is 1. The Hall–Kier alpha value is -1.98. The first kappa shape index (κ1) is 17.4. The molecule has 2 fully saturated rings. The molecule has 1 amide bonds. The molecule has 138 valence electrons. The van der Waals surface area contributed by atoms with Crippen LogP contribution in [0.3, 0.4) is 0 Å². The summed E-state index contributed by atoms with van der Waals surface area (Å²) >= 11 is 3.45. The molecule has 0 aliphatic carbocycles. The second kappa shape index (κ2) is 7.33. The summed E-state index contributed by atoms with van der Waals surface area (Å²) in [6, 6.07) is 5.51. The molecule has 2 saturated heterocycles. The molecule has 0 spiro atoms. The SMILES string of the molecule is N#C[C@@H]1CCCN1C(=O)[C@@H]1CC[C@H](COc2cc(Br)c3c(c2)OCO3)N1. The van der Waals surface area contributed by atoms with Crippen LogP contribution in [0.25, 0.3) is 0 Å². The minimum absolute atomic E-state index is 0.0439. The molecule has 8 heteroatoms. The second-order valence-electron chi connectivity index (χ2n) is 6.76. The number of carbonyl (C=O) groups is 1. The Morgan fingerprint density at radius 1 is 1.38 bits per heavy atom. The van der Waals surface area contributed by atoms with Crippen LogP contribution in [0.2, 0.25) is 0 Å². The van der Waals surface area contributed by atoms with Crippen molar-refractivity contribution >= 4 is 21.8 Å². The van der Waals surface area contributed by atoms with Crippen molar-refractivity contribution in [1.29, 1.82) is 5.26 Å². The van der Waals surface area contributed by atoms with Crippen LogP contribution in [0.4, 0.5) is 0 Å². The monoisotopic (exact) mass is 421 g/mol. The topological polar surface area (TPSA) is 83.8 Å². The van der Waals surface area contributed by atoms with E-state index in [2.05, 4.69) is 27.3 Å². The maximum absolute atomic E-state index is 12.6. The molecule has 0 unspecified atom stereocenters. The summed E-state index contributed by atoms with van der Waals surface area (Å²) in [5, 5.41) is 12.5. The molecule has 0 saturated carbocycles. The van der Waals surface area contributed by atoms with Crippen molar-refractivity contribution in [1.82, 2.24) is 10.2 Å². The van der Waals surface area contributed by atoms with Gasteiger partial charge in [0, 0.05) is 18.7 Å². The summed E-state index contributed by atoms with van der Waals surface area (Å²) in [5.41, 5.74) is 0. The maximum Gasteiger partial charge on any atom is 0.240 e. The van der Waals surface area contributed by atoms with E-state index in [9.17, 15) is 10.1 Å². The van der Waals surface area contributed by atoms with Crippen molar-refractivity contribution in [2.75, 3.05) is 19.9 Å². The molecule has 0 bridgehead atoms. The molecule has 0 aromatic heterocycles. The molecule has 1 aromatic rings. The number of nitrogens with zero attached hydrogens (tertiary/aromatic N) is 2. The Morgan fingerprint density at radius 3 is 3.12 bits per heavy atom. The molecule has 1 aromatic carbocycles. The molecule has 1 N–H and O–H groups in total. The number of nitriles is 1. The third-order valence-corrected chi connectivity index (χ3v) is 5.66. The highest BCUT2D eigenvalue weighted by atomic mass is 79.9. The van der Waals surface area contributed by atoms with E-state index in [0.29, 0.717) is 30.4 Å². The quantitative estimate of drug-likeness (QED) is 0.801. The zero-order valence-corrected chi connectivity index (χ0v) is 15.8. The van der Waals surface area contributed by atoms with Crippen molar-refractivity contribution in [3.8, 4) is 23.3 Å². The van der Waals surface area contributed by atoms with Gasteiger partial charge in [0.2, 0.25) is 12.7 Å². The average molecular weight is 422 g/mol. The van der Waals surface area contributed by atoms with Crippen LogP contribution < -0.4 is 19.5 Å². The fraction of sp³-hybridized carbons (Fsp3) is 0.556. The van der Waals surface area contributed by atoms with Gasteiger partial charge in [-0.3, -0.25) is 10.1 Å². The smallest absolute Gasteiger partial charge is 0.240 e. The summed E-state index contributed by atoms with van der Waals surface area (Å²) in [4.78, 5) is 14.4. The standard InChI is InChI=1S/C18H20BrN3O4/c19-14-6-13(7-16-17(14)26-10-25-16)24-9-11-3-4-15(21-11)18(23)22-5-1-2-12(22)8-20/h6-7,11-12,15,21H,1-5,9-10H2/t11-,12+,15+/m1/s1. The van der Waals surface area contributed by atoms with Crippen molar-refractivity contribution in [2.45, 2.75) is 43.8 Å². The van der Waals surface area contributed by atoms with E-state index in [0.717, 1.165) is 30.2 Å². The van der Waals surface area contributed by atoms with Crippen LogP contribution in [0.15, 0.2) is 16.6 Å². The zero-order chi connectivity index (χ0) is 18.1. The Balaban J connectivity index is 1.32. The predicted molar refractivity (Wildman–Crippen MR) is 96.1 cm³/mol. The van der Waals surface area contributed by atoms with Gasteiger partial charge in [0.05, 0.1) is 16.6 Å². The summed E-state index contributed by atoms with van der Waals surface area (Å²) in [5.74, 6) is 2.10. The summed E-state index contributed by atoms with van der Waals surface area (Å²) in [6.45, 7) is 1.37. The molecule has 4 rings (SSSR count). The number of likely N-dealkylation sites (tertiary alicyclic amines) is 1. The average Bonchev–Trinajstić information content (AvgIpc) is 3.38. The van der Waals surface area contributed by atoms with Crippen molar-refractivity contribution < 1.29 is 19.0 Å². The van der Waals surface area contributed by atoms with E-state index < -0.39 is 0 Å². The van der Waals surface area contributed by atoms with E-state index in [1.165, 1.54) is 0 Å². The van der Waals surface area contributed by atoms with Gasteiger partial charge in [-0.2, -0.15) is 5.26 Å². The van der Waals surface area contributed by atoms with E-state index in [1.807, 2.05) is 12.1 Å². The van der Waals surface area contributed by atoms with Gasteiger partial charge in [-0.25, -0.2) is 0 Å². The lowest BCUT2D eigenvalue weighted by Gasteiger charge is -2.24. The summed E-state index contributed by atoms with van der Waals surface area (Å²) in [7, 11) is 0. The maximum atomic E-state index is 12.6. The van der Waals surface area contributed by atoms with Crippen LogP contribution in [0, 0.1) is 11.3 Å². The van der Waals surface area contributed by atoms with Crippen LogP contribution in [0.5, 0.6) is 17.2 Å². The molecule has 3 heterocycles. The predicted octanol–water partition coefficient (Wildman–Crippen LogP) is 2.19. The summed E-state index contributed by atoms with van der Waals surface area (Å²) < 4.78 is 17.4. The Kier molecular flexibility index (Phi) is 4.92. The van der Waals surface area contributed by atoms with Crippen LogP contribution >= 0.6 is 15.9 Å². The van der Waals surface area contributed by atoms with Gasteiger partial charge in [-0.1, -0.05) is 0 Å². The van der Waals surface area contributed by atoms with Gasteiger partial charge < -0.3 is 19.1 Å².